The number of hydrogen-bond donors (Lipinski definition) is 1. The van der Waals surface area contributed by atoms with Gasteiger partial charge in [0.15, 0.2) is 11.5 Å². The Hall–Kier alpha value is -1.59. The first-order chi connectivity index (χ1) is 9.85. The number of rotatable bonds is 7. The molecule has 0 unspecified atom stereocenters. The fraction of sp³-hybridized carbons (Fsp3) is 0.400. The molecule has 0 saturated heterocycles. The number of ether oxygens (including phenoxy) is 2. The fourth-order valence-electron chi connectivity index (χ4n) is 1.96. The van der Waals surface area contributed by atoms with Crippen molar-refractivity contribution in [3.63, 3.8) is 0 Å². The van der Waals surface area contributed by atoms with Crippen LogP contribution in [0.1, 0.15) is 23.4 Å². The summed E-state index contributed by atoms with van der Waals surface area (Å²) in [6.07, 6.45) is 4.38. The van der Waals surface area contributed by atoms with Crippen molar-refractivity contribution in [1.29, 1.82) is 0 Å². The van der Waals surface area contributed by atoms with Crippen molar-refractivity contribution >= 4 is 11.3 Å². The summed E-state index contributed by atoms with van der Waals surface area (Å²) in [5.41, 5.74) is 1.21. The number of benzene rings is 1. The Morgan fingerprint density at radius 2 is 2.25 bits per heavy atom. The molecule has 106 valence electrons. The first kappa shape index (κ1) is 13.4. The highest BCUT2D eigenvalue weighted by Gasteiger charge is 2.20. The van der Waals surface area contributed by atoms with Crippen LogP contribution in [0.2, 0.25) is 0 Å². The highest BCUT2D eigenvalue weighted by Crippen LogP contribution is 2.29. The van der Waals surface area contributed by atoms with Gasteiger partial charge in [-0.05, 0) is 30.5 Å². The van der Waals surface area contributed by atoms with E-state index in [2.05, 4.69) is 16.4 Å². The van der Waals surface area contributed by atoms with E-state index in [0.717, 1.165) is 23.1 Å². The van der Waals surface area contributed by atoms with Gasteiger partial charge in [0.2, 0.25) is 0 Å². The molecule has 1 aliphatic rings. The summed E-state index contributed by atoms with van der Waals surface area (Å²) in [6, 6.07) is 6.78. The van der Waals surface area contributed by atoms with E-state index in [9.17, 15) is 0 Å². The number of thiazole rings is 1. The third-order valence-electron chi connectivity index (χ3n) is 3.23. The van der Waals surface area contributed by atoms with E-state index in [-0.39, 0.29) is 0 Å². The topological polar surface area (TPSA) is 43.4 Å². The molecule has 1 heterocycles. The van der Waals surface area contributed by atoms with Crippen LogP contribution in [0.25, 0.3) is 0 Å². The predicted octanol–water partition coefficient (Wildman–Crippen LogP) is 2.98. The highest BCUT2D eigenvalue weighted by molar-refractivity contribution is 7.09. The second-order valence-electron chi connectivity index (χ2n) is 4.85. The lowest BCUT2D eigenvalue weighted by molar-refractivity contribution is 0.283. The standard InChI is InChI=1S/C15H18N2O2S/c1-18-13-5-2-11(9-17-12-3-4-12)8-14(13)19-10-15-16-6-7-20-15/h2,5-8,12,17H,3-4,9-10H2,1H3. The summed E-state index contributed by atoms with van der Waals surface area (Å²) >= 11 is 1.59. The minimum absolute atomic E-state index is 0.480. The van der Waals surface area contributed by atoms with Crippen LogP contribution in [-0.4, -0.2) is 18.1 Å². The van der Waals surface area contributed by atoms with Crippen LogP contribution in [-0.2, 0) is 13.2 Å². The lowest BCUT2D eigenvalue weighted by atomic mass is 10.2. The Balaban J connectivity index is 1.66. The van der Waals surface area contributed by atoms with Crippen LogP contribution in [0.15, 0.2) is 29.8 Å². The maximum absolute atomic E-state index is 5.83. The van der Waals surface area contributed by atoms with Crippen molar-refractivity contribution in [2.75, 3.05) is 7.11 Å². The third kappa shape index (κ3) is 3.49. The van der Waals surface area contributed by atoms with E-state index in [1.165, 1.54) is 18.4 Å². The van der Waals surface area contributed by atoms with Crippen LogP contribution in [0.3, 0.4) is 0 Å². The van der Waals surface area contributed by atoms with Crippen molar-refractivity contribution < 1.29 is 9.47 Å². The first-order valence-electron chi connectivity index (χ1n) is 6.76. The van der Waals surface area contributed by atoms with E-state index in [4.69, 9.17) is 9.47 Å². The number of methoxy groups -OCH3 is 1. The number of aromatic nitrogens is 1. The Morgan fingerprint density at radius 3 is 2.95 bits per heavy atom. The van der Waals surface area contributed by atoms with Gasteiger partial charge in [-0.15, -0.1) is 11.3 Å². The fourth-order valence-corrected chi connectivity index (χ4v) is 2.48. The molecule has 1 N–H and O–H groups in total. The molecule has 0 radical (unpaired) electrons. The molecule has 0 atom stereocenters. The Labute approximate surface area is 122 Å². The van der Waals surface area contributed by atoms with Gasteiger partial charge < -0.3 is 14.8 Å². The second-order valence-corrected chi connectivity index (χ2v) is 5.83. The number of nitrogens with one attached hydrogen (secondary N) is 1. The summed E-state index contributed by atoms with van der Waals surface area (Å²) in [5.74, 6) is 1.54. The number of hydrogen-bond acceptors (Lipinski definition) is 5. The molecule has 0 aliphatic heterocycles. The van der Waals surface area contributed by atoms with Gasteiger partial charge in [-0.3, -0.25) is 0 Å². The quantitative estimate of drug-likeness (QED) is 0.851. The summed E-state index contributed by atoms with van der Waals surface area (Å²) in [6.45, 7) is 1.36. The molecule has 5 heteroatoms. The Kier molecular flexibility index (Phi) is 4.18. The third-order valence-corrected chi connectivity index (χ3v) is 3.99. The van der Waals surface area contributed by atoms with Crippen LogP contribution < -0.4 is 14.8 Å². The summed E-state index contributed by atoms with van der Waals surface area (Å²) in [4.78, 5) is 4.22. The molecule has 1 aromatic heterocycles. The average Bonchev–Trinajstić information content (AvgIpc) is 3.17. The molecule has 20 heavy (non-hydrogen) atoms. The molecular weight excluding hydrogens is 272 g/mol. The van der Waals surface area contributed by atoms with Crippen molar-refractivity contribution in [2.45, 2.75) is 32.0 Å². The normalized spacial score (nSPS) is 14.2. The van der Waals surface area contributed by atoms with Crippen LogP contribution in [0.5, 0.6) is 11.5 Å². The van der Waals surface area contributed by atoms with Crippen LogP contribution in [0, 0.1) is 0 Å². The Morgan fingerprint density at radius 1 is 1.35 bits per heavy atom. The average molecular weight is 290 g/mol. The molecule has 1 aromatic carbocycles. The van der Waals surface area contributed by atoms with Gasteiger partial charge in [-0.1, -0.05) is 6.07 Å². The van der Waals surface area contributed by atoms with Gasteiger partial charge in [-0.25, -0.2) is 4.98 Å². The maximum atomic E-state index is 5.83. The monoisotopic (exact) mass is 290 g/mol. The van der Waals surface area contributed by atoms with E-state index < -0.39 is 0 Å². The predicted molar refractivity (Wildman–Crippen MR) is 79.3 cm³/mol. The SMILES string of the molecule is COc1ccc(CNC2CC2)cc1OCc1nccs1. The zero-order chi connectivity index (χ0) is 13.8. The zero-order valence-corrected chi connectivity index (χ0v) is 12.3. The van der Waals surface area contributed by atoms with E-state index in [0.29, 0.717) is 12.6 Å². The summed E-state index contributed by atoms with van der Waals surface area (Å²) < 4.78 is 11.2. The smallest absolute Gasteiger partial charge is 0.162 e. The molecule has 1 aliphatic carbocycles. The Bertz CT molecular complexity index is 553. The molecule has 3 rings (SSSR count). The van der Waals surface area contributed by atoms with Crippen molar-refractivity contribution in [3.8, 4) is 11.5 Å². The lowest BCUT2D eigenvalue weighted by Crippen LogP contribution is -2.15. The molecule has 0 amide bonds. The van der Waals surface area contributed by atoms with Gasteiger partial charge in [0, 0.05) is 24.2 Å². The number of nitrogens with zero attached hydrogens (tertiary/aromatic N) is 1. The van der Waals surface area contributed by atoms with Crippen LogP contribution in [0.4, 0.5) is 0 Å². The molecule has 2 aromatic rings. The van der Waals surface area contributed by atoms with Gasteiger partial charge in [-0.2, -0.15) is 0 Å². The van der Waals surface area contributed by atoms with Crippen LogP contribution >= 0.6 is 11.3 Å². The highest BCUT2D eigenvalue weighted by atomic mass is 32.1. The lowest BCUT2D eigenvalue weighted by Gasteiger charge is -2.12. The largest absolute Gasteiger partial charge is 0.493 e. The van der Waals surface area contributed by atoms with Gasteiger partial charge in [0.05, 0.1) is 7.11 Å². The van der Waals surface area contributed by atoms with Gasteiger partial charge in [0.25, 0.3) is 0 Å². The van der Waals surface area contributed by atoms with E-state index in [1.807, 2.05) is 17.5 Å². The zero-order valence-electron chi connectivity index (χ0n) is 11.5. The second kappa shape index (κ2) is 6.24. The minimum atomic E-state index is 0.480. The van der Waals surface area contributed by atoms with Gasteiger partial charge >= 0.3 is 0 Å². The van der Waals surface area contributed by atoms with Crippen molar-refractivity contribution in [2.24, 2.45) is 0 Å². The first-order valence-corrected chi connectivity index (χ1v) is 7.64. The summed E-state index contributed by atoms with van der Waals surface area (Å²) in [7, 11) is 1.66. The van der Waals surface area contributed by atoms with E-state index in [1.54, 1.807) is 24.6 Å². The van der Waals surface area contributed by atoms with E-state index >= 15 is 0 Å². The summed E-state index contributed by atoms with van der Waals surface area (Å²) in [5, 5.41) is 6.42. The molecule has 0 bridgehead atoms. The molecule has 0 spiro atoms. The molecule has 4 nitrogen and oxygen atoms in total. The molecule has 1 fully saturated rings. The van der Waals surface area contributed by atoms with Crippen molar-refractivity contribution in [1.82, 2.24) is 10.3 Å². The maximum Gasteiger partial charge on any atom is 0.162 e. The molecular formula is C15H18N2O2S. The molecule has 1 saturated carbocycles. The minimum Gasteiger partial charge on any atom is -0.493 e. The van der Waals surface area contributed by atoms with Crippen molar-refractivity contribution in [3.05, 3.63) is 40.3 Å². The van der Waals surface area contributed by atoms with Gasteiger partial charge in [0.1, 0.15) is 11.6 Å².